The molecule has 0 unspecified atom stereocenters. The largest absolute Gasteiger partial charge is 0.352 e. The Labute approximate surface area is 107 Å². The number of nitrogens with one attached hydrogen (secondary N) is 1. The first kappa shape index (κ1) is 12.8. The molecule has 0 aromatic carbocycles. The van der Waals surface area contributed by atoms with Crippen molar-refractivity contribution in [1.29, 1.82) is 0 Å². The summed E-state index contributed by atoms with van der Waals surface area (Å²) in [6.45, 7) is 3.78. The number of aldehydes is 1. The van der Waals surface area contributed by atoms with Gasteiger partial charge in [0.05, 0.1) is 11.3 Å². The van der Waals surface area contributed by atoms with Crippen molar-refractivity contribution in [2.24, 2.45) is 0 Å². The zero-order valence-electron chi connectivity index (χ0n) is 10.9. The van der Waals surface area contributed by atoms with Crippen LogP contribution in [0.3, 0.4) is 0 Å². The van der Waals surface area contributed by atoms with E-state index in [4.69, 9.17) is 0 Å². The van der Waals surface area contributed by atoms with Crippen molar-refractivity contribution in [2.75, 3.05) is 0 Å². The minimum absolute atomic E-state index is 0.0232. The van der Waals surface area contributed by atoms with Crippen molar-refractivity contribution >= 4 is 12.2 Å². The highest BCUT2D eigenvalue weighted by Gasteiger charge is 2.18. The van der Waals surface area contributed by atoms with Crippen molar-refractivity contribution in [1.82, 2.24) is 15.1 Å². The van der Waals surface area contributed by atoms with Crippen LogP contribution in [0.25, 0.3) is 0 Å². The monoisotopic (exact) mass is 249 g/mol. The van der Waals surface area contributed by atoms with E-state index in [2.05, 4.69) is 10.4 Å². The molecular weight excluding hydrogens is 230 g/mol. The number of aryl methyl sites for hydroxylation is 1. The summed E-state index contributed by atoms with van der Waals surface area (Å²) in [5.41, 5.74) is 2.02. The number of carbonyl (C=O) groups excluding carboxylic acids is 2. The lowest BCUT2D eigenvalue weighted by atomic mass is 10.2. The van der Waals surface area contributed by atoms with Gasteiger partial charge in [0, 0.05) is 11.7 Å². The quantitative estimate of drug-likeness (QED) is 0.820. The smallest absolute Gasteiger partial charge is 0.241 e. The molecule has 2 rings (SSSR count). The van der Waals surface area contributed by atoms with Crippen molar-refractivity contribution in [3.8, 4) is 0 Å². The maximum Gasteiger partial charge on any atom is 0.241 e. The van der Waals surface area contributed by atoms with Gasteiger partial charge in [-0.05, 0) is 26.7 Å². The topological polar surface area (TPSA) is 64.0 Å². The van der Waals surface area contributed by atoms with Crippen LogP contribution in [0.1, 0.15) is 47.4 Å². The molecule has 1 aliphatic carbocycles. The highest BCUT2D eigenvalue weighted by Crippen LogP contribution is 2.17. The lowest BCUT2D eigenvalue weighted by Gasteiger charge is -2.12. The average Bonchev–Trinajstić information content (AvgIpc) is 2.89. The molecule has 1 fully saturated rings. The molecular formula is C13H19N3O2. The molecule has 1 aromatic heterocycles. The summed E-state index contributed by atoms with van der Waals surface area (Å²) in [7, 11) is 0. The Bertz CT molecular complexity index is 459. The lowest BCUT2D eigenvalue weighted by Crippen LogP contribution is -2.35. The molecule has 0 atom stereocenters. The number of aromatic nitrogens is 2. The van der Waals surface area contributed by atoms with Crippen LogP contribution < -0.4 is 5.32 Å². The molecule has 1 amide bonds. The van der Waals surface area contributed by atoms with Crippen molar-refractivity contribution < 1.29 is 9.59 Å². The fraction of sp³-hybridized carbons (Fsp3) is 0.615. The second-order valence-corrected chi connectivity index (χ2v) is 4.91. The number of nitrogens with zero attached hydrogens (tertiary/aromatic N) is 2. The van der Waals surface area contributed by atoms with Gasteiger partial charge in [-0.3, -0.25) is 14.3 Å². The van der Waals surface area contributed by atoms with E-state index in [9.17, 15) is 9.59 Å². The van der Waals surface area contributed by atoms with Gasteiger partial charge in [0.2, 0.25) is 5.91 Å². The number of rotatable bonds is 4. The Hall–Kier alpha value is -1.65. The van der Waals surface area contributed by atoms with Crippen LogP contribution in [-0.4, -0.2) is 28.0 Å². The maximum absolute atomic E-state index is 11.9. The molecule has 1 saturated carbocycles. The van der Waals surface area contributed by atoms with Gasteiger partial charge >= 0.3 is 0 Å². The Morgan fingerprint density at radius 3 is 2.67 bits per heavy atom. The Balaban J connectivity index is 2.00. The second kappa shape index (κ2) is 5.33. The van der Waals surface area contributed by atoms with Crippen LogP contribution in [0.15, 0.2) is 0 Å². The van der Waals surface area contributed by atoms with E-state index >= 15 is 0 Å². The fourth-order valence-electron chi connectivity index (χ4n) is 2.51. The number of amides is 1. The van der Waals surface area contributed by atoms with E-state index in [1.807, 2.05) is 6.92 Å². The minimum atomic E-state index is -0.0232. The molecule has 0 spiro atoms. The van der Waals surface area contributed by atoms with E-state index in [1.54, 1.807) is 11.6 Å². The van der Waals surface area contributed by atoms with Crippen LogP contribution in [0.2, 0.25) is 0 Å². The fourth-order valence-corrected chi connectivity index (χ4v) is 2.51. The van der Waals surface area contributed by atoms with Gasteiger partial charge in [0.1, 0.15) is 6.54 Å². The standard InChI is InChI=1S/C13H19N3O2/c1-9-12(8-17)10(2)16(15-9)7-13(18)14-11-5-3-4-6-11/h8,11H,3-7H2,1-2H3,(H,14,18). The summed E-state index contributed by atoms with van der Waals surface area (Å²) in [4.78, 5) is 22.7. The molecule has 5 nitrogen and oxygen atoms in total. The molecule has 18 heavy (non-hydrogen) atoms. The number of carbonyl (C=O) groups is 2. The summed E-state index contributed by atoms with van der Waals surface area (Å²) in [6.07, 6.45) is 5.33. The molecule has 0 radical (unpaired) electrons. The zero-order valence-corrected chi connectivity index (χ0v) is 10.9. The van der Waals surface area contributed by atoms with Crippen LogP contribution in [0, 0.1) is 13.8 Å². The first-order valence-electron chi connectivity index (χ1n) is 6.40. The molecule has 0 aliphatic heterocycles. The van der Waals surface area contributed by atoms with Crippen molar-refractivity contribution in [2.45, 2.75) is 52.1 Å². The first-order chi connectivity index (χ1) is 8.61. The number of hydrogen-bond acceptors (Lipinski definition) is 3. The molecule has 5 heteroatoms. The Morgan fingerprint density at radius 2 is 2.11 bits per heavy atom. The predicted octanol–water partition coefficient (Wildman–Crippen LogP) is 1.37. The van der Waals surface area contributed by atoms with Gasteiger partial charge in [0.25, 0.3) is 0 Å². The van der Waals surface area contributed by atoms with Crippen LogP contribution in [0.5, 0.6) is 0 Å². The van der Waals surface area contributed by atoms with Crippen LogP contribution in [-0.2, 0) is 11.3 Å². The molecule has 0 bridgehead atoms. The normalized spacial score (nSPS) is 15.9. The first-order valence-corrected chi connectivity index (χ1v) is 6.40. The van der Waals surface area contributed by atoms with E-state index in [-0.39, 0.29) is 12.5 Å². The summed E-state index contributed by atoms with van der Waals surface area (Å²) in [5.74, 6) is -0.0232. The molecule has 98 valence electrons. The lowest BCUT2D eigenvalue weighted by molar-refractivity contribution is -0.122. The third-order valence-corrected chi connectivity index (χ3v) is 3.57. The van der Waals surface area contributed by atoms with E-state index < -0.39 is 0 Å². The SMILES string of the molecule is Cc1nn(CC(=O)NC2CCCC2)c(C)c1C=O. The van der Waals surface area contributed by atoms with Gasteiger partial charge < -0.3 is 5.32 Å². The van der Waals surface area contributed by atoms with Crippen molar-refractivity contribution in [3.63, 3.8) is 0 Å². The van der Waals surface area contributed by atoms with Crippen molar-refractivity contribution in [3.05, 3.63) is 17.0 Å². The van der Waals surface area contributed by atoms with Gasteiger partial charge in [-0.1, -0.05) is 12.8 Å². The third kappa shape index (κ3) is 2.60. The molecule has 1 aromatic rings. The average molecular weight is 249 g/mol. The van der Waals surface area contributed by atoms with Gasteiger partial charge in [0.15, 0.2) is 6.29 Å². The summed E-state index contributed by atoms with van der Waals surface area (Å²) in [6, 6.07) is 0.319. The summed E-state index contributed by atoms with van der Waals surface area (Å²) in [5, 5.41) is 7.23. The Kier molecular flexibility index (Phi) is 3.79. The molecule has 1 N–H and O–H groups in total. The van der Waals surface area contributed by atoms with E-state index in [0.29, 0.717) is 17.3 Å². The summed E-state index contributed by atoms with van der Waals surface area (Å²) >= 11 is 0. The highest BCUT2D eigenvalue weighted by atomic mass is 16.2. The van der Waals surface area contributed by atoms with E-state index in [1.165, 1.54) is 12.8 Å². The van der Waals surface area contributed by atoms with Crippen LogP contribution >= 0.6 is 0 Å². The molecule has 1 heterocycles. The minimum Gasteiger partial charge on any atom is -0.352 e. The predicted molar refractivity (Wildman–Crippen MR) is 67.5 cm³/mol. The summed E-state index contributed by atoms with van der Waals surface area (Å²) < 4.78 is 1.60. The highest BCUT2D eigenvalue weighted by molar-refractivity contribution is 5.79. The molecule has 1 aliphatic rings. The maximum atomic E-state index is 11.9. The van der Waals surface area contributed by atoms with Gasteiger partial charge in [-0.15, -0.1) is 0 Å². The van der Waals surface area contributed by atoms with E-state index in [0.717, 1.165) is 24.8 Å². The zero-order chi connectivity index (χ0) is 13.1. The van der Waals surface area contributed by atoms with Gasteiger partial charge in [-0.25, -0.2) is 0 Å². The third-order valence-electron chi connectivity index (χ3n) is 3.57. The Morgan fingerprint density at radius 1 is 1.44 bits per heavy atom. The second-order valence-electron chi connectivity index (χ2n) is 4.91. The van der Waals surface area contributed by atoms with Crippen LogP contribution in [0.4, 0.5) is 0 Å². The number of hydrogen-bond donors (Lipinski definition) is 1. The van der Waals surface area contributed by atoms with Gasteiger partial charge in [-0.2, -0.15) is 5.10 Å². The molecule has 0 saturated heterocycles.